The highest BCUT2D eigenvalue weighted by Gasteiger charge is 2.24. The van der Waals surface area contributed by atoms with E-state index in [1.54, 1.807) is 0 Å². The lowest BCUT2D eigenvalue weighted by molar-refractivity contribution is 0.460. The van der Waals surface area contributed by atoms with Gasteiger partial charge in [0, 0.05) is 45.3 Å². The highest BCUT2D eigenvalue weighted by Crippen LogP contribution is 2.38. The first-order valence-electron chi connectivity index (χ1n) is 8.10. The SMILES string of the molecule is CN/C=C\N(C)CN=Nc1cc2c3c(c1)CCCN3CCC2. The molecule has 0 fully saturated rings. The molecule has 0 saturated carbocycles. The van der Waals surface area contributed by atoms with E-state index in [1.807, 2.05) is 31.4 Å². The van der Waals surface area contributed by atoms with Crippen LogP contribution in [0.2, 0.25) is 0 Å². The zero-order valence-corrected chi connectivity index (χ0v) is 13.5. The molecule has 0 radical (unpaired) electrons. The lowest BCUT2D eigenvalue weighted by Gasteiger charge is -2.36. The summed E-state index contributed by atoms with van der Waals surface area (Å²) in [7, 11) is 3.87. The van der Waals surface area contributed by atoms with Crippen LogP contribution in [0.4, 0.5) is 11.4 Å². The maximum Gasteiger partial charge on any atom is 0.131 e. The summed E-state index contributed by atoms with van der Waals surface area (Å²) in [5.74, 6) is 0. The summed E-state index contributed by atoms with van der Waals surface area (Å²) in [6, 6.07) is 4.45. The minimum absolute atomic E-state index is 0.566. The van der Waals surface area contributed by atoms with Crippen molar-refractivity contribution >= 4 is 11.4 Å². The molecule has 0 bridgehead atoms. The van der Waals surface area contributed by atoms with Crippen molar-refractivity contribution in [2.45, 2.75) is 25.7 Å². The van der Waals surface area contributed by atoms with Crippen LogP contribution in [-0.2, 0) is 12.8 Å². The molecule has 1 aromatic rings. The predicted octanol–water partition coefficient (Wildman–Crippen LogP) is 3.05. The summed E-state index contributed by atoms with van der Waals surface area (Å²) in [5, 5.41) is 11.7. The Balaban J connectivity index is 1.74. The van der Waals surface area contributed by atoms with Gasteiger partial charge in [0.15, 0.2) is 0 Å². The van der Waals surface area contributed by atoms with Gasteiger partial charge < -0.3 is 15.1 Å². The Kier molecular flexibility index (Phi) is 4.61. The van der Waals surface area contributed by atoms with E-state index >= 15 is 0 Å². The maximum atomic E-state index is 4.43. The van der Waals surface area contributed by atoms with Crippen LogP contribution in [0.1, 0.15) is 24.0 Å². The van der Waals surface area contributed by atoms with Gasteiger partial charge in [-0.3, -0.25) is 0 Å². The van der Waals surface area contributed by atoms with Crippen LogP contribution < -0.4 is 10.2 Å². The number of nitrogens with zero attached hydrogens (tertiary/aromatic N) is 4. The molecule has 1 aromatic carbocycles. The normalized spacial score (nSPS) is 17.1. The van der Waals surface area contributed by atoms with E-state index in [0.717, 1.165) is 5.69 Å². The predicted molar refractivity (Wildman–Crippen MR) is 90.6 cm³/mol. The first-order chi connectivity index (χ1) is 10.8. The molecule has 0 aliphatic carbocycles. The Morgan fingerprint density at radius 1 is 1.23 bits per heavy atom. The quantitative estimate of drug-likeness (QED) is 0.850. The van der Waals surface area contributed by atoms with Crippen molar-refractivity contribution in [3.8, 4) is 0 Å². The van der Waals surface area contributed by atoms with Crippen LogP contribution in [0.15, 0.2) is 34.8 Å². The molecule has 0 saturated heterocycles. The average molecular weight is 299 g/mol. The molecule has 0 aromatic heterocycles. The number of rotatable bonds is 5. The number of azo groups is 1. The molecular weight excluding hydrogens is 274 g/mol. The van der Waals surface area contributed by atoms with E-state index in [-0.39, 0.29) is 0 Å². The molecule has 0 spiro atoms. The zero-order valence-electron chi connectivity index (χ0n) is 13.5. The first kappa shape index (κ1) is 14.9. The number of hydrogen-bond donors (Lipinski definition) is 1. The van der Waals surface area contributed by atoms with Crippen molar-refractivity contribution in [3.05, 3.63) is 35.7 Å². The van der Waals surface area contributed by atoms with Gasteiger partial charge in [-0.05, 0) is 48.9 Å². The second kappa shape index (κ2) is 6.81. The highest BCUT2D eigenvalue weighted by molar-refractivity contribution is 5.67. The van der Waals surface area contributed by atoms with Crippen LogP contribution >= 0.6 is 0 Å². The summed E-state index contributed by atoms with van der Waals surface area (Å²) in [5.41, 5.74) is 5.41. The van der Waals surface area contributed by atoms with Gasteiger partial charge in [-0.25, -0.2) is 0 Å². The van der Waals surface area contributed by atoms with Crippen LogP contribution in [-0.4, -0.2) is 38.8 Å². The minimum atomic E-state index is 0.566. The molecule has 5 heteroatoms. The molecule has 118 valence electrons. The standard InChI is InChI=1S/C17H25N5/c1-18-7-10-21(2)13-19-20-16-11-14-5-3-8-22-9-4-6-15(12-16)17(14)22/h7,10-12,18H,3-6,8-9,13H2,1-2H3/b10-7-,20-19?. The summed E-state index contributed by atoms with van der Waals surface area (Å²) < 4.78 is 0. The minimum Gasteiger partial charge on any atom is -0.393 e. The van der Waals surface area contributed by atoms with E-state index in [1.165, 1.54) is 55.6 Å². The van der Waals surface area contributed by atoms with Crippen molar-refractivity contribution in [3.63, 3.8) is 0 Å². The first-order valence-corrected chi connectivity index (χ1v) is 8.10. The Hall–Kier alpha value is -2.04. The van der Waals surface area contributed by atoms with Crippen molar-refractivity contribution in [2.24, 2.45) is 10.2 Å². The van der Waals surface area contributed by atoms with E-state index in [4.69, 9.17) is 0 Å². The third-order valence-electron chi connectivity index (χ3n) is 4.29. The molecular formula is C17H25N5. The molecule has 0 unspecified atom stereocenters. The molecule has 3 rings (SSSR count). The molecule has 1 N–H and O–H groups in total. The van der Waals surface area contributed by atoms with E-state index in [2.05, 4.69) is 32.6 Å². The Morgan fingerprint density at radius 3 is 2.55 bits per heavy atom. The van der Waals surface area contributed by atoms with Crippen molar-refractivity contribution < 1.29 is 0 Å². The molecule has 5 nitrogen and oxygen atoms in total. The Morgan fingerprint density at radius 2 is 1.91 bits per heavy atom. The van der Waals surface area contributed by atoms with Crippen LogP contribution in [0, 0.1) is 0 Å². The molecule has 2 aliphatic rings. The van der Waals surface area contributed by atoms with Crippen molar-refractivity contribution in [1.82, 2.24) is 10.2 Å². The van der Waals surface area contributed by atoms with Gasteiger partial charge in [-0.1, -0.05) is 0 Å². The second-order valence-corrected chi connectivity index (χ2v) is 6.05. The molecule has 0 amide bonds. The number of nitrogens with one attached hydrogen (secondary N) is 1. The van der Waals surface area contributed by atoms with Gasteiger partial charge in [0.05, 0.1) is 5.69 Å². The smallest absolute Gasteiger partial charge is 0.131 e. The fraction of sp³-hybridized carbons (Fsp3) is 0.529. The van der Waals surface area contributed by atoms with Gasteiger partial charge in [-0.15, -0.1) is 0 Å². The van der Waals surface area contributed by atoms with E-state index < -0.39 is 0 Å². The Bertz CT molecular complexity index is 547. The van der Waals surface area contributed by atoms with Crippen LogP contribution in [0.3, 0.4) is 0 Å². The lowest BCUT2D eigenvalue weighted by atomic mass is 9.91. The number of hydrogen-bond acceptors (Lipinski definition) is 5. The topological polar surface area (TPSA) is 43.2 Å². The number of benzene rings is 1. The largest absolute Gasteiger partial charge is 0.393 e. The lowest BCUT2D eigenvalue weighted by Crippen LogP contribution is -2.34. The summed E-state index contributed by atoms with van der Waals surface area (Å²) in [4.78, 5) is 4.54. The van der Waals surface area contributed by atoms with Gasteiger partial charge in [0.2, 0.25) is 0 Å². The zero-order chi connectivity index (χ0) is 15.4. The highest BCUT2D eigenvalue weighted by atomic mass is 15.2. The molecule has 22 heavy (non-hydrogen) atoms. The van der Waals surface area contributed by atoms with Crippen LogP contribution in [0.25, 0.3) is 0 Å². The fourth-order valence-corrected chi connectivity index (χ4v) is 3.30. The molecule has 2 heterocycles. The number of anilines is 1. The van der Waals surface area contributed by atoms with E-state index in [9.17, 15) is 0 Å². The van der Waals surface area contributed by atoms with Crippen molar-refractivity contribution in [2.75, 3.05) is 38.8 Å². The monoisotopic (exact) mass is 299 g/mol. The molecule has 2 aliphatic heterocycles. The average Bonchev–Trinajstić information content (AvgIpc) is 2.53. The van der Waals surface area contributed by atoms with Crippen LogP contribution in [0.5, 0.6) is 0 Å². The summed E-state index contributed by atoms with van der Waals surface area (Å²) in [6.07, 6.45) is 8.69. The van der Waals surface area contributed by atoms with Crippen molar-refractivity contribution in [1.29, 1.82) is 0 Å². The Labute approximate surface area is 132 Å². The fourth-order valence-electron chi connectivity index (χ4n) is 3.30. The second-order valence-electron chi connectivity index (χ2n) is 6.05. The van der Waals surface area contributed by atoms with E-state index in [0.29, 0.717) is 6.67 Å². The van der Waals surface area contributed by atoms with Gasteiger partial charge >= 0.3 is 0 Å². The summed E-state index contributed by atoms with van der Waals surface area (Å²) >= 11 is 0. The van der Waals surface area contributed by atoms with Gasteiger partial charge in [-0.2, -0.15) is 10.2 Å². The van der Waals surface area contributed by atoms with Gasteiger partial charge in [0.1, 0.15) is 6.67 Å². The number of aryl methyl sites for hydroxylation is 2. The third kappa shape index (κ3) is 3.24. The van der Waals surface area contributed by atoms with Gasteiger partial charge in [0.25, 0.3) is 0 Å². The maximum absolute atomic E-state index is 4.43. The summed E-state index contributed by atoms with van der Waals surface area (Å²) in [6.45, 7) is 2.99. The third-order valence-corrected chi connectivity index (χ3v) is 4.29. The molecule has 0 atom stereocenters.